The highest BCUT2D eigenvalue weighted by Gasteiger charge is 2.12. The highest BCUT2D eigenvalue weighted by atomic mass is 14.2. The lowest BCUT2D eigenvalue weighted by atomic mass is 9.90. The normalized spacial score (nSPS) is 12.1. The van der Waals surface area contributed by atoms with Crippen LogP contribution < -0.4 is 0 Å². The van der Waals surface area contributed by atoms with E-state index in [4.69, 9.17) is 0 Å². The second-order valence-electron chi connectivity index (χ2n) is 9.43. The number of rotatable bonds is 0. The van der Waals surface area contributed by atoms with Gasteiger partial charge in [0.25, 0.3) is 0 Å². The molecule has 0 nitrogen and oxygen atoms in total. The minimum atomic E-state index is 1.29. The Balaban J connectivity index is 1.60. The van der Waals surface area contributed by atoms with Crippen molar-refractivity contribution in [2.24, 2.45) is 0 Å². The third-order valence-electron chi connectivity index (χ3n) is 7.48. The van der Waals surface area contributed by atoms with E-state index in [1.165, 1.54) is 75.4 Å². The van der Waals surface area contributed by atoms with Gasteiger partial charge in [0.15, 0.2) is 0 Å². The predicted octanol–water partition coefficient (Wildman–Crippen LogP) is 9.76. The van der Waals surface area contributed by atoms with Crippen LogP contribution in [0.2, 0.25) is 0 Å². The molecule has 0 fully saturated rings. The molecule has 0 bridgehead atoms. The summed E-state index contributed by atoms with van der Waals surface area (Å²) in [6.07, 6.45) is 0. The molecule has 0 amide bonds. The molecule has 0 radical (unpaired) electrons. The van der Waals surface area contributed by atoms with E-state index < -0.39 is 0 Å². The third-order valence-corrected chi connectivity index (χ3v) is 7.48. The van der Waals surface area contributed by atoms with E-state index in [9.17, 15) is 0 Å². The van der Waals surface area contributed by atoms with Crippen LogP contribution in [0.3, 0.4) is 0 Å². The maximum Gasteiger partial charge on any atom is -0.00923 e. The van der Waals surface area contributed by atoms with Gasteiger partial charge < -0.3 is 0 Å². The molecule has 0 aliphatic rings. The number of fused-ring (bicyclic) bond motifs is 10. The van der Waals surface area contributed by atoms with Crippen LogP contribution in [0.15, 0.2) is 121 Å². The lowest BCUT2D eigenvalue weighted by Gasteiger charge is -2.14. The first-order valence-electron chi connectivity index (χ1n) is 11.9. The fraction of sp³-hybridized carbons (Fsp3) is 0. The van der Waals surface area contributed by atoms with Gasteiger partial charge in [-0.15, -0.1) is 0 Å². The van der Waals surface area contributed by atoms with Crippen molar-refractivity contribution in [3.63, 3.8) is 0 Å². The summed E-state index contributed by atoms with van der Waals surface area (Å²) in [6, 6.07) is 45.1. The zero-order valence-corrected chi connectivity index (χ0v) is 18.5. The maximum absolute atomic E-state index is 2.40. The molecular formula is C34H20. The molecule has 0 saturated heterocycles. The third kappa shape index (κ3) is 2.48. The zero-order valence-electron chi connectivity index (χ0n) is 18.5. The van der Waals surface area contributed by atoms with Crippen molar-refractivity contribution in [1.29, 1.82) is 0 Å². The smallest absolute Gasteiger partial charge is 0.00923 e. The van der Waals surface area contributed by atoms with Gasteiger partial charge in [-0.2, -0.15) is 0 Å². The molecule has 0 heterocycles. The Bertz CT molecular complexity index is 1960. The van der Waals surface area contributed by atoms with Crippen LogP contribution in [0.5, 0.6) is 0 Å². The van der Waals surface area contributed by atoms with E-state index in [2.05, 4.69) is 121 Å². The molecular weight excluding hydrogens is 408 g/mol. The van der Waals surface area contributed by atoms with E-state index in [0.717, 1.165) is 0 Å². The van der Waals surface area contributed by atoms with Crippen molar-refractivity contribution in [2.45, 2.75) is 0 Å². The average Bonchev–Trinajstić information content (AvgIpc) is 2.89. The molecule has 0 heteroatoms. The van der Waals surface area contributed by atoms with E-state index in [0.29, 0.717) is 0 Å². The van der Waals surface area contributed by atoms with Crippen LogP contribution in [0.4, 0.5) is 0 Å². The second-order valence-corrected chi connectivity index (χ2v) is 9.43. The van der Waals surface area contributed by atoms with Crippen LogP contribution in [-0.2, 0) is 0 Å². The topological polar surface area (TPSA) is 0 Å². The van der Waals surface area contributed by atoms with Gasteiger partial charge >= 0.3 is 0 Å². The summed E-state index contributed by atoms with van der Waals surface area (Å²) in [5, 5.41) is 18.3. The summed E-state index contributed by atoms with van der Waals surface area (Å²) in [7, 11) is 0. The molecule has 0 aliphatic heterocycles. The molecule has 0 aromatic heterocycles. The Morgan fingerprint density at radius 3 is 0.794 bits per heavy atom. The van der Waals surface area contributed by atoms with Gasteiger partial charge in [-0.3, -0.25) is 0 Å². The Morgan fingerprint density at radius 2 is 0.471 bits per heavy atom. The van der Waals surface area contributed by atoms with Gasteiger partial charge in [0.1, 0.15) is 0 Å². The van der Waals surface area contributed by atoms with Crippen molar-refractivity contribution < 1.29 is 0 Å². The van der Waals surface area contributed by atoms with E-state index in [1.54, 1.807) is 0 Å². The minimum absolute atomic E-state index is 1.29. The predicted molar refractivity (Wildman–Crippen MR) is 149 cm³/mol. The quantitative estimate of drug-likeness (QED) is 0.166. The Morgan fingerprint density at radius 1 is 0.206 bits per heavy atom. The average molecular weight is 429 g/mol. The first kappa shape index (κ1) is 18.1. The lowest BCUT2D eigenvalue weighted by Crippen LogP contribution is -1.86. The molecule has 0 spiro atoms. The summed E-state index contributed by atoms with van der Waals surface area (Å²) < 4.78 is 0. The van der Waals surface area contributed by atoms with Crippen LogP contribution in [-0.4, -0.2) is 0 Å². The van der Waals surface area contributed by atoms with Crippen LogP contribution in [0.1, 0.15) is 0 Å². The maximum atomic E-state index is 2.40. The van der Waals surface area contributed by atoms with Crippen molar-refractivity contribution in [3.05, 3.63) is 121 Å². The van der Waals surface area contributed by atoms with Crippen LogP contribution in [0.25, 0.3) is 75.4 Å². The molecule has 0 saturated carbocycles. The summed E-state index contributed by atoms with van der Waals surface area (Å²) >= 11 is 0. The molecule has 0 N–H and O–H groups in total. The highest BCUT2D eigenvalue weighted by molar-refractivity contribution is 6.29. The molecule has 0 unspecified atom stereocenters. The largest absolute Gasteiger partial charge is 0.0616 e. The zero-order chi connectivity index (χ0) is 22.2. The fourth-order valence-electron chi connectivity index (χ4n) is 5.83. The van der Waals surface area contributed by atoms with Crippen molar-refractivity contribution in [3.8, 4) is 0 Å². The lowest BCUT2D eigenvalue weighted by molar-refractivity contribution is 1.78. The standard InChI is InChI=1S/C34H20/c1-3-9-23-15-27-19-33-31(17-25(27)13-21(23)7-1)29-11-5-6-12-30(29)32-18-26-14-22-8-2-4-10-24(22)16-28(26)20-34(32)33/h1-20H. The minimum Gasteiger partial charge on any atom is -0.0616 e. The number of benzene rings is 8. The van der Waals surface area contributed by atoms with Crippen LogP contribution in [0, 0.1) is 0 Å². The molecule has 8 aromatic rings. The summed E-state index contributed by atoms with van der Waals surface area (Å²) in [6.45, 7) is 0. The van der Waals surface area contributed by atoms with Crippen molar-refractivity contribution in [1.82, 2.24) is 0 Å². The van der Waals surface area contributed by atoms with E-state index >= 15 is 0 Å². The Kier molecular flexibility index (Phi) is 3.48. The van der Waals surface area contributed by atoms with Gasteiger partial charge in [0.05, 0.1) is 0 Å². The van der Waals surface area contributed by atoms with E-state index in [1.807, 2.05) is 0 Å². The molecule has 34 heavy (non-hydrogen) atoms. The number of hydrogen-bond acceptors (Lipinski definition) is 0. The SMILES string of the molecule is c1ccc2cc3cc4c(cc3cc2c1)c1ccccc1c1cc2cc3ccccc3cc2cc14. The molecule has 8 rings (SSSR count). The second kappa shape index (κ2) is 6.56. The molecule has 8 aromatic carbocycles. The first-order valence-corrected chi connectivity index (χ1v) is 11.9. The first-order chi connectivity index (χ1) is 16.8. The van der Waals surface area contributed by atoms with Gasteiger partial charge in [0, 0.05) is 0 Å². The van der Waals surface area contributed by atoms with Gasteiger partial charge in [-0.25, -0.2) is 0 Å². The molecule has 0 atom stereocenters. The van der Waals surface area contributed by atoms with Gasteiger partial charge in [-0.05, 0) is 124 Å². The Labute approximate surface area is 196 Å². The molecule has 156 valence electrons. The van der Waals surface area contributed by atoms with E-state index in [-0.39, 0.29) is 0 Å². The number of hydrogen-bond donors (Lipinski definition) is 0. The van der Waals surface area contributed by atoms with Crippen molar-refractivity contribution in [2.75, 3.05) is 0 Å². The van der Waals surface area contributed by atoms with Gasteiger partial charge in [-0.1, -0.05) is 72.8 Å². The summed E-state index contributed by atoms with van der Waals surface area (Å²) in [5.74, 6) is 0. The fourth-order valence-corrected chi connectivity index (χ4v) is 5.83. The van der Waals surface area contributed by atoms with Gasteiger partial charge in [0.2, 0.25) is 0 Å². The molecule has 0 aliphatic carbocycles. The monoisotopic (exact) mass is 428 g/mol. The Hall–Kier alpha value is -4.42. The van der Waals surface area contributed by atoms with Crippen molar-refractivity contribution >= 4 is 75.4 Å². The summed E-state index contributed by atoms with van der Waals surface area (Å²) in [5.41, 5.74) is 0. The summed E-state index contributed by atoms with van der Waals surface area (Å²) in [4.78, 5) is 0. The highest BCUT2D eigenvalue weighted by Crippen LogP contribution is 2.40. The van der Waals surface area contributed by atoms with Crippen LogP contribution >= 0.6 is 0 Å².